The molecule has 0 aromatic rings. The maximum atomic E-state index is 9.10. The Hall–Kier alpha value is -0.120. The lowest BCUT2D eigenvalue weighted by Crippen LogP contribution is -2.50. The van der Waals surface area contributed by atoms with E-state index in [9.17, 15) is 0 Å². The largest absolute Gasteiger partial charge is 0.396 e. The first-order chi connectivity index (χ1) is 9.19. The van der Waals surface area contributed by atoms with Gasteiger partial charge in [-0.05, 0) is 50.0 Å². The van der Waals surface area contributed by atoms with E-state index >= 15 is 0 Å². The molecule has 0 atom stereocenters. The highest BCUT2D eigenvalue weighted by Crippen LogP contribution is 2.40. The van der Waals surface area contributed by atoms with Gasteiger partial charge in [-0.1, -0.05) is 26.2 Å². The van der Waals surface area contributed by atoms with Crippen molar-refractivity contribution in [2.75, 3.05) is 26.2 Å². The third-order valence-corrected chi connectivity index (χ3v) is 5.50. The van der Waals surface area contributed by atoms with E-state index in [2.05, 4.69) is 11.8 Å². The van der Waals surface area contributed by atoms with Gasteiger partial charge in [0.15, 0.2) is 0 Å². The third kappa shape index (κ3) is 3.93. The Kier molecular flexibility index (Phi) is 5.67. The molecule has 0 amide bonds. The minimum absolute atomic E-state index is 0.315. The number of aliphatic hydroxyl groups excluding tert-OH is 1. The highest BCUT2D eigenvalue weighted by atomic mass is 16.3. The van der Waals surface area contributed by atoms with Gasteiger partial charge in [-0.25, -0.2) is 0 Å². The summed E-state index contributed by atoms with van der Waals surface area (Å²) in [5.41, 5.74) is 6.50. The van der Waals surface area contributed by atoms with Crippen LogP contribution in [-0.2, 0) is 0 Å². The van der Waals surface area contributed by atoms with Crippen LogP contribution in [0.15, 0.2) is 0 Å². The van der Waals surface area contributed by atoms with Crippen molar-refractivity contribution in [3.63, 3.8) is 0 Å². The molecule has 0 unspecified atom stereocenters. The normalized spacial score (nSPS) is 32.5. The zero-order valence-corrected chi connectivity index (χ0v) is 12.6. The summed E-state index contributed by atoms with van der Waals surface area (Å²) in [5.74, 6) is 0.884. The SMILES string of the molecule is CC1CCC(CN)(CN(CCCO)C2CCC2)CC1. The summed E-state index contributed by atoms with van der Waals surface area (Å²) in [7, 11) is 0. The highest BCUT2D eigenvalue weighted by molar-refractivity contribution is 4.91. The molecule has 0 bridgehead atoms. The summed E-state index contributed by atoms with van der Waals surface area (Å²) in [6.07, 6.45) is 10.3. The van der Waals surface area contributed by atoms with Crippen LogP contribution in [0.5, 0.6) is 0 Å². The Bertz CT molecular complexity index is 257. The molecule has 2 aliphatic carbocycles. The van der Waals surface area contributed by atoms with Gasteiger partial charge in [0.2, 0.25) is 0 Å². The molecule has 2 aliphatic rings. The smallest absolute Gasteiger partial charge is 0.0443 e. The fourth-order valence-corrected chi connectivity index (χ4v) is 3.65. The number of nitrogens with two attached hydrogens (primary N) is 1. The molecule has 2 saturated carbocycles. The number of hydrogen-bond acceptors (Lipinski definition) is 3. The molecule has 0 aliphatic heterocycles. The predicted molar refractivity (Wildman–Crippen MR) is 80.0 cm³/mol. The number of aliphatic hydroxyl groups is 1. The maximum Gasteiger partial charge on any atom is 0.0443 e. The predicted octanol–water partition coefficient (Wildman–Crippen LogP) is 2.38. The van der Waals surface area contributed by atoms with Crippen molar-refractivity contribution in [1.82, 2.24) is 4.90 Å². The van der Waals surface area contributed by atoms with Crippen molar-refractivity contribution >= 4 is 0 Å². The van der Waals surface area contributed by atoms with E-state index in [-0.39, 0.29) is 0 Å². The van der Waals surface area contributed by atoms with Crippen LogP contribution < -0.4 is 5.73 Å². The number of rotatable bonds is 7. The molecule has 3 nitrogen and oxygen atoms in total. The van der Waals surface area contributed by atoms with Crippen LogP contribution in [0.1, 0.15) is 58.3 Å². The van der Waals surface area contributed by atoms with Gasteiger partial charge in [0.1, 0.15) is 0 Å². The van der Waals surface area contributed by atoms with Gasteiger partial charge in [-0.15, -0.1) is 0 Å². The standard InChI is InChI=1S/C16H32N2O/c1-14-6-8-16(12-17,9-7-14)13-18(10-3-11-19)15-4-2-5-15/h14-15,19H,2-13,17H2,1H3. The summed E-state index contributed by atoms with van der Waals surface area (Å²) >= 11 is 0. The minimum atomic E-state index is 0.315. The van der Waals surface area contributed by atoms with E-state index in [1.807, 2.05) is 0 Å². The number of nitrogens with zero attached hydrogens (tertiary/aromatic N) is 1. The monoisotopic (exact) mass is 268 g/mol. The molecule has 2 rings (SSSR count). The van der Waals surface area contributed by atoms with Gasteiger partial charge in [-0.3, -0.25) is 4.90 Å². The number of hydrogen-bond donors (Lipinski definition) is 2. The van der Waals surface area contributed by atoms with E-state index in [0.717, 1.165) is 31.5 Å². The Morgan fingerprint density at radius 1 is 1.21 bits per heavy atom. The zero-order valence-electron chi connectivity index (χ0n) is 12.6. The van der Waals surface area contributed by atoms with E-state index in [4.69, 9.17) is 10.8 Å². The summed E-state index contributed by atoms with van der Waals surface area (Å²) in [5, 5.41) is 9.10. The Labute approximate surface area is 118 Å². The topological polar surface area (TPSA) is 49.5 Å². The van der Waals surface area contributed by atoms with Crippen LogP contribution in [0.25, 0.3) is 0 Å². The van der Waals surface area contributed by atoms with Crippen LogP contribution in [-0.4, -0.2) is 42.3 Å². The van der Waals surface area contributed by atoms with Gasteiger partial charge in [-0.2, -0.15) is 0 Å². The van der Waals surface area contributed by atoms with E-state index in [1.165, 1.54) is 51.5 Å². The van der Waals surface area contributed by atoms with Gasteiger partial charge >= 0.3 is 0 Å². The zero-order chi connectivity index (χ0) is 13.7. The molecule has 0 heterocycles. The first kappa shape index (κ1) is 15.3. The average Bonchev–Trinajstić information content (AvgIpc) is 2.37. The molecule has 3 heteroatoms. The lowest BCUT2D eigenvalue weighted by Gasteiger charge is -2.46. The lowest BCUT2D eigenvalue weighted by molar-refractivity contribution is 0.0393. The van der Waals surface area contributed by atoms with Crippen LogP contribution in [0.2, 0.25) is 0 Å². The van der Waals surface area contributed by atoms with Crippen molar-refractivity contribution in [2.24, 2.45) is 17.1 Å². The molecule has 2 fully saturated rings. The summed E-state index contributed by atoms with van der Waals surface area (Å²) in [6, 6.07) is 0.773. The Morgan fingerprint density at radius 2 is 1.89 bits per heavy atom. The van der Waals surface area contributed by atoms with E-state index in [0.29, 0.717) is 12.0 Å². The molecule has 0 spiro atoms. The van der Waals surface area contributed by atoms with Crippen LogP contribution in [0.4, 0.5) is 0 Å². The molecular formula is C16H32N2O. The van der Waals surface area contributed by atoms with Gasteiger partial charge in [0.05, 0.1) is 0 Å². The van der Waals surface area contributed by atoms with Crippen molar-refractivity contribution in [2.45, 2.75) is 64.3 Å². The summed E-state index contributed by atoms with van der Waals surface area (Å²) < 4.78 is 0. The Balaban J connectivity index is 1.92. The highest BCUT2D eigenvalue weighted by Gasteiger charge is 2.37. The molecule has 0 radical (unpaired) electrons. The van der Waals surface area contributed by atoms with Crippen molar-refractivity contribution in [1.29, 1.82) is 0 Å². The van der Waals surface area contributed by atoms with Crippen LogP contribution >= 0.6 is 0 Å². The Morgan fingerprint density at radius 3 is 2.37 bits per heavy atom. The summed E-state index contributed by atoms with van der Waals surface area (Å²) in [6.45, 7) is 5.74. The maximum absolute atomic E-state index is 9.10. The second-order valence-corrected chi connectivity index (χ2v) is 7.02. The summed E-state index contributed by atoms with van der Waals surface area (Å²) in [4.78, 5) is 2.64. The second kappa shape index (κ2) is 7.05. The third-order valence-electron chi connectivity index (χ3n) is 5.50. The van der Waals surface area contributed by atoms with Crippen molar-refractivity contribution in [3.05, 3.63) is 0 Å². The van der Waals surface area contributed by atoms with E-state index < -0.39 is 0 Å². The average molecular weight is 268 g/mol. The fourth-order valence-electron chi connectivity index (χ4n) is 3.65. The van der Waals surface area contributed by atoms with E-state index in [1.54, 1.807) is 0 Å². The van der Waals surface area contributed by atoms with Crippen LogP contribution in [0.3, 0.4) is 0 Å². The molecule has 19 heavy (non-hydrogen) atoms. The van der Waals surface area contributed by atoms with Crippen molar-refractivity contribution in [3.8, 4) is 0 Å². The second-order valence-electron chi connectivity index (χ2n) is 7.02. The molecule has 0 saturated heterocycles. The van der Waals surface area contributed by atoms with Gasteiger partial charge < -0.3 is 10.8 Å². The molecule has 112 valence electrons. The first-order valence-corrected chi connectivity index (χ1v) is 8.24. The molecule has 0 aromatic carbocycles. The quantitative estimate of drug-likeness (QED) is 0.745. The minimum Gasteiger partial charge on any atom is -0.396 e. The molecular weight excluding hydrogens is 236 g/mol. The van der Waals surface area contributed by atoms with Crippen molar-refractivity contribution < 1.29 is 5.11 Å². The van der Waals surface area contributed by atoms with Crippen LogP contribution in [0, 0.1) is 11.3 Å². The van der Waals surface area contributed by atoms with Gasteiger partial charge in [0.25, 0.3) is 0 Å². The first-order valence-electron chi connectivity index (χ1n) is 8.24. The fraction of sp³-hybridized carbons (Fsp3) is 1.00. The molecule has 0 aromatic heterocycles. The molecule has 3 N–H and O–H groups in total. The van der Waals surface area contributed by atoms with Gasteiger partial charge in [0, 0.05) is 25.7 Å². The lowest BCUT2D eigenvalue weighted by atomic mass is 9.70.